The lowest BCUT2D eigenvalue weighted by atomic mass is 10.2. The zero-order chi connectivity index (χ0) is 24.8. The van der Waals surface area contributed by atoms with E-state index in [0.29, 0.717) is 46.1 Å². The summed E-state index contributed by atoms with van der Waals surface area (Å²) < 4.78 is 11.2. The van der Waals surface area contributed by atoms with Crippen LogP contribution in [0, 0.1) is 6.92 Å². The highest BCUT2D eigenvalue weighted by Crippen LogP contribution is 2.34. The first-order valence-electron chi connectivity index (χ1n) is 10.2. The molecule has 0 radical (unpaired) electrons. The van der Waals surface area contributed by atoms with Crippen molar-refractivity contribution in [2.24, 2.45) is 5.73 Å². The Labute approximate surface area is 205 Å². The van der Waals surface area contributed by atoms with Crippen molar-refractivity contribution in [3.63, 3.8) is 0 Å². The van der Waals surface area contributed by atoms with Crippen molar-refractivity contribution >= 4 is 58.1 Å². The van der Waals surface area contributed by atoms with Crippen LogP contribution < -0.4 is 20.5 Å². The van der Waals surface area contributed by atoms with E-state index in [1.165, 1.54) is 6.08 Å². The van der Waals surface area contributed by atoms with Crippen LogP contribution in [-0.2, 0) is 14.4 Å². The lowest BCUT2D eigenvalue weighted by Crippen LogP contribution is -2.36. The van der Waals surface area contributed by atoms with Crippen LogP contribution in [0.2, 0.25) is 5.02 Å². The van der Waals surface area contributed by atoms with E-state index in [0.717, 1.165) is 10.5 Å². The van der Waals surface area contributed by atoms with Crippen molar-refractivity contribution < 1.29 is 28.7 Å². The zero-order valence-corrected chi connectivity index (χ0v) is 20.0. The smallest absolute Gasteiger partial charge is 0.294 e. The fourth-order valence-corrected chi connectivity index (χ4v) is 3.98. The van der Waals surface area contributed by atoms with E-state index in [2.05, 4.69) is 5.32 Å². The summed E-state index contributed by atoms with van der Waals surface area (Å²) in [6.07, 6.45) is 1.51. The molecule has 1 aliphatic heterocycles. The molecule has 0 saturated carbocycles. The lowest BCUT2D eigenvalue weighted by Gasteiger charge is -2.13. The fraction of sp³-hybridized carbons (Fsp3) is 0.217. The predicted octanol–water partition coefficient (Wildman–Crippen LogP) is 3.59. The summed E-state index contributed by atoms with van der Waals surface area (Å²) in [7, 11) is 0. The van der Waals surface area contributed by atoms with Gasteiger partial charge in [-0.3, -0.25) is 24.1 Å². The van der Waals surface area contributed by atoms with Crippen molar-refractivity contribution in [1.82, 2.24) is 4.90 Å². The molecule has 34 heavy (non-hydrogen) atoms. The van der Waals surface area contributed by atoms with Crippen molar-refractivity contribution in [2.75, 3.05) is 25.1 Å². The number of halogens is 1. The highest BCUT2D eigenvalue weighted by atomic mass is 35.5. The molecule has 3 rings (SSSR count). The van der Waals surface area contributed by atoms with E-state index >= 15 is 0 Å². The monoisotopic (exact) mass is 503 g/mol. The Hall–Kier alpha value is -3.50. The third-order valence-electron chi connectivity index (χ3n) is 4.57. The van der Waals surface area contributed by atoms with Gasteiger partial charge in [-0.2, -0.15) is 0 Å². The molecule has 1 fully saturated rings. The van der Waals surface area contributed by atoms with Crippen LogP contribution >= 0.6 is 23.4 Å². The van der Waals surface area contributed by atoms with Crippen molar-refractivity contribution in [3.05, 3.63) is 57.5 Å². The van der Waals surface area contributed by atoms with E-state index in [-0.39, 0.29) is 17.4 Å². The van der Waals surface area contributed by atoms with E-state index in [1.54, 1.807) is 43.3 Å². The molecule has 1 heterocycles. The van der Waals surface area contributed by atoms with Crippen LogP contribution in [0.3, 0.4) is 0 Å². The Morgan fingerprint density at radius 1 is 1.15 bits per heavy atom. The minimum atomic E-state index is -0.779. The van der Waals surface area contributed by atoms with Gasteiger partial charge in [0.15, 0.2) is 18.1 Å². The summed E-state index contributed by atoms with van der Waals surface area (Å²) in [4.78, 5) is 48.7. The van der Waals surface area contributed by atoms with Gasteiger partial charge in [-0.15, -0.1) is 0 Å². The van der Waals surface area contributed by atoms with Gasteiger partial charge in [-0.1, -0.05) is 23.7 Å². The molecule has 178 valence electrons. The molecule has 0 bridgehead atoms. The number of nitrogens with zero attached hydrogens (tertiary/aromatic N) is 1. The highest BCUT2D eigenvalue weighted by molar-refractivity contribution is 8.18. The maximum atomic E-state index is 12.4. The van der Waals surface area contributed by atoms with Gasteiger partial charge in [0.25, 0.3) is 17.1 Å². The molecule has 1 aliphatic rings. The fourth-order valence-electron chi connectivity index (χ4n) is 2.96. The summed E-state index contributed by atoms with van der Waals surface area (Å²) in [5, 5.41) is 2.68. The molecule has 9 nitrogen and oxygen atoms in total. The Morgan fingerprint density at radius 2 is 1.91 bits per heavy atom. The third-order valence-corrected chi connectivity index (χ3v) is 5.88. The lowest BCUT2D eigenvalue weighted by molar-refractivity contribution is -0.127. The molecule has 11 heteroatoms. The molecule has 0 aliphatic carbocycles. The number of benzene rings is 2. The Kier molecular flexibility index (Phi) is 8.19. The number of amides is 4. The second-order valence-corrected chi connectivity index (χ2v) is 8.57. The summed E-state index contributed by atoms with van der Waals surface area (Å²) in [6, 6.07) is 10.1. The summed E-state index contributed by atoms with van der Waals surface area (Å²) in [5.74, 6) is -1.07. The third kappa shape index (κ3) is 6.30. The van der Waals surface area contributed by atoms with Gasteiger partial charge in [0.05, 0.1) is 11.5 Å². The number of nitrogens with two attached hydrogens (primary N) is 1. The van der Waals surface area contributed by atoms with Crippen molar-refractivity contribution in [1.29, 1.82) is 0 Å². The van der Waals surface area contributed by atoms with Crippen molar-refractivity contribution in [2.45, 2.75) is 13.8 Å². The number of nitrogens with one attached hydrogen (secondary N) is 1. The van der Waals surface area contributed by atoms with Gasteiger partial charge in [-0.05, 0) is 67.1 Å². The number of carbonyl (C=O) groups is 4. The Bertz CT molecular complexity index is 1180. The standard InChI is InChI=1S/C23H22ClN3O6S/c1-3-32-18-8-14(9-19-22(30)27(11-20(25)28)23(31)34-19)5-7-17(18)33-12-21(29)26-15-6-4-13(2)16(24)10-15/h4-10H,3,11-12H2,1-2H3,(H2,25,28)(H,26,29)/b19-9-. The molecule has 0 spiro atoms. The molecule has 0 unspecified atom stereocenters. The largest absolute Gasteiger partial charge is 0.490 e. The minimum absolute atomic E-state index is 0.151. The first-order chi connectivity index (χ1) is 16.2. The average Bonchev–Trinajstić information content (AvgIpc) is 3.03. The molecular formula is C23H22ClN3O6S. The predicted molar refractivity (Wildman–Crippen MR) is 130 cm³/mol. The van der Waals surface area contributed by atoms with Crippen LogP contribution in [-0.4, -0.2) is 47.6 Å². The van der Waals surface area contributed by atoms with Gasteiger partial charge in [0.1, 0.15) is 6.54 Å². The van der Waals surface area contributed by atoms with Crippen molar-refractivity contribution in [3.8, 4) is 11.5 Å². The Morgan fingerprint density at radius 3 is 2.59 bits per heavy atom. The van der Waals surface area contributed by atoms with Crippen LogP contribution in [0.4, 0.5) is 10.5 Å². The van der Waals surface area contributed by atoms with Gasteiger partial charge in [0, 0.05) is 10.7 Å². The normalized spacial score (nSPS) is 14.4. The zero-order valence-electron chi connectivity index (χ0n) is 18.4. The molecule has 2 aromatic carbocycles. The number of imide groups is 1. The first kappa shape index (κ1) is 25.1. The van der Waals surface area contributed by atoms with Crippen LogP contribution in [0.15, 0.2) is 41.3 Å². The van der Waals surface area contributed by atoms with Crippen LogP contribution in [0.5, 0.6) is 11.5 Å². The summed E-state index contributed by atoms with van der Waals surface area (Å²) >= 11 is 6.80. The molecule has 2 aromatic rings. The highest BCUT2D eigenvalue weighted by Gasteiger charge is 2.35. The quantitative estimate of drug-likeness (QED) is 0.500. The topological polar surface area (TPSA) is 128 Å². The molecule has 0 atom stereocenters. The average molecular weight is 504 g/mol. The number of aryl methyl sites for hydroxylation is 1. The van der Waals surface area contributed by atoms with Crippen LogP contribution in [0.1, 0.15) is 18.1 Å². The first-order valence-corrected chi connectivity index (χ1v) is 11.4. The van der Waals surface area contributed by atoms with E-state index in [4.69, 9.17) is 26.8 Å². The summed E-state index contributed by atoms with van der Waals surface area (Å²) in [6.45, 7) is 3.25. The number of thioether (sulfide) groups is 1. The number of hydrogen-bond donors (Lipinski definition) is 2. The maximum Gasteiger partial charge on any atom is 0.294 e. The Balaban J connectivity index is 1.70. The number of ether oxygens (including phenoxy) is 2. The van der Waals surface area contributed by atoms with E-state index in [1.807, 2.05) is 6.92 Å². The number of rotatable bonds is 9. The number of carbonyl (C=O) groups excluding carboxylic acids is 4. The second-order valence-electron chi connectivity index (χ2n) is 7.17. The molecule has 1 saturated heterocycles. The molecular weight excluding hydrogens is 482 g/mol. The molecule has 3 N–H and O–H groups in total. The van der Waals surface area contributed by atoms with Gasteiger partial charge < -0.3 is 20.5 Å². The maximum absolute atomic E-state index is 12.4. The van der Waals surface area contributed by atoms with Gasteiger partial charge in [0.2, 0.25) is 5.91 Å². The van der Waals surface area contributed by atoms with E-state index in [9.17, 15) is 19.2 Å². The second kappa shape index (κ2) is 11.1. The minimum Gasteiger partial charge on any atom is -0.490 e. The number of anilines is 1. The molecule has 4 amide bonds. The van der Waals surface area contributed by atoms with Gasteiger partial charge >= 0.3 is 0 Å². The van der Waals surface area contributed by atoms with E-state index < -0.39 is 23.6 Å². The SMILES string of the molecule is CCOc1cc(/C=C2\SC(=O)N(CC(N)=O)C2=O)ccc1OCC(=O)Nc1ccc(C)c(Cl)c1. The van der Waals surface area contributed by atoms with Gasteiger partial charge in [-0.25, -0.2) is 0 Å². The summed E-state index contributed by atoms with van der Waals surface area (Å²) in [5.41, 5.74) is 7.11. The van der Waals surface area contributed by atoms with Crippen LogP contribution in [0.25, 0.3) is 6.08 Å². The molecule has 0 aromatic heterocycles. The number of hydrogen-bond acceptors (Lipinski definition) is 7. The number of primary amides is 1.